The Morgan fingerprint density at radius 2 is 1.90 bits per heavy atom. The van der Waals surface area contributed by atoms with E-state index in [1.165, 1.54) is 6.07 Å². The van der Waals surface area contributed by atoms with Crippen molar-refractivity contribution in [2.75, 3.05) is 32.7 Å². The number of hydrogen-bond acceptors (Lipinski definition) is 3. The summed E-state index contributed by atoms with van der Waals surface area (Å²) in [6, 6.07) is 2.15. The predicted octanol–water partition coefficient (Wildman–Crippen LogP) is 2.62. The van der Waals surface area contributed by atoms with E-state index in [1.807, 2.05) is 0 Å². The topological polar surface area (TPSA) is 35.5 Å². The van der Waals surface area contributed by atoms with E-state index in [0.29, 0.717) is 17.4 Å². The van der Waals surface area contributed by atoms with Crippen LogP contribution in [0.1, 0.15) is 11.1 Å². The molecule has 1 aromatic carbocycles. The molecule has 7 heteroatoms. The van der Waals surface area contributed by atoms with Crippen LogP contribution in [0.5, 0.6) is 5.75 Å². The van der Waals surface area contributed by atoms with Gasteiger partial charge in [0.25, 0.3) is 0 Å². The first-order chi connectivity index (χ1) is 9.38. The molecule has 2 rings (SSSR count). The number of nitrogens with one attached hydrogen (secondary N) is 1. The summed E-state index contributed by atoms with van der Waals surface area (Å²) in [7, 11) is 0. The molecule has 0 spiro atoms. The Morgan fingerprint density at radius 3 is 2.50 bits per heavy atom. The lowest BCUT2D eigenvalue weighted by atomic mass is 10.0. The fourth-order valence-electron chi connectivity index (χ4n) is 2.29. The van der Waals surface area contributed by atoms with Crippen molar-refractivity contribution >= 4 is 15.9 Å². The Balaban J connectivity index is 2.14. The molecule has 1 aliphatic heterocycles. The lowest BCUT2D eigenvalue weighted by molar-refractivity contribution is -0.138. The van der Waals surface area contributed by atoms with Gasteiger partial charge < -0.3 is 15.3 Å². The third-order valence-electron chi connectivity index (χ3n) is 3.39. The van der Waals surface area contributed by atoms with Gasteiger partial charge in [-0.1, -0.05) is 0 Å². The van der Waals surface area contributed by atoms with Crippen LogP contribution in [0, 0.1) is 0 Å². The van der Waals surface area contributed by atoms with Crippen LogP contribution in [0.25, 0.3) is 0 Å². The minimum absolute atomic E-state index is 0.209. The van der Waals surface area contributed by atoms with Gasteiger partial charge in [-0.05, 0) is 40.0 Å². The van der Waals surface area contributed by atoms with Crippen molar-refractivity contribution in [3.63, 3.8) is 0 Å². The second-order valence-electron chi connectivity index (χ2n) is 4.80. The van der Waals surface area contributed by atoms with Gasteiger partial charge in [0.15, 0.2) is 0 Å². The second-order valence-corrected chi connectivity index (χ2v) is 5.65. The molecule has 0 radical (unpaired) electrons. The zero-order valence-electron chi connectivity index (χ0n) is 10.8. The summed E-state index contributed by atoms with van der Waals surface area (Å²) in [6.45, 7) is 4.01. The molecule has 0 aliphatic carbocycles. The highest BCUT2D eigenvalue weighted by atomic mass is 79.9. The van der Waals surface area contributed by atoms with Crippen LogP contribution in [0.15, 0.2) is 16.6 Å². The quantitative estimate of drug-likeness (QED) is 0.877. The molecule has 0 aromatic heterocycles. The van der Waals surface area contributed by atoms with E-state index in [1.54, 1.807) is 0 Å². The maximum absolute atomic E-state index is 13.0. The maximum Gasteiger partial charge on any atom is 0.416 e. The lowest BCUT2D eigenvalue weighted by Crippen LogP contribution is -2.44. The molecule has 0 unspecified atom stereocenters. The Kier molecular flexibility index (Phi) is 4.93. The van der Waals surface area contributed by atoms with Gasteiger partial charge in [-0.2, -0.15) is 13.2 Å². The van der Waals surface area contributed by atoms with E-state index in [9.17, 15) is 18.3 Å². The van der Waals surface area contributed by atoms with E-state index in [0.717, 1.165) is 32.2 Å². The van der Waals surface area contributed by atoms with E-state index in [-0.39, 0.29) is 11.3 Å². The van der Waals surface area contributed by atoms with Gasteiger partial charge in [0.1, 0.15) is 5.75 Å². The number of phenols is 1. The predicted molar refractivity (Wildman–Crippen MR) is 73.8 cm³/mol. The van der Waals surface area contributed by atoms with Crippen LogP contribution in [0.4, 0.5) is 13.2 Å². The number of phenolic OH excluding ortho intramolecular Hbond substituents is 1. The fraction of sp³-hybridized carbons (Fsp3) is 0.538. The smallest absolute Gasteiger partial charge is 0.416 e. The number of halogens is 4. The molecule has 3 nitrogen and oxygen atoms in total. The summed E-state index contributed by atoms with van der Waals surface area (Å²) < 4.78 is 39.2. The van der Waals surface area contributed by atoms with Crippen molar-refractivity contribution in [1.29, 1.82) is 0 Å². The second kappa shape index (κ2) is 6.32. The van der Waals surface area contributed by atoms with Gasteiger partial charge in [-0.25, -0.2) is 0 Å². The molecule has 1 heterocycles. The number of rotatable bonds is 3. The highest BCUT2D eigenvalue weighted by molar-refractivity contribution is 9.10. The van der Waals surface area contributed by atoms with Crippen molar-refractivity contribution in [1.82, 2.24) is 10.2 Å². The highest BCUT2D eigenvalue weighted by Gasteiger charge is 2.34. The first-order valence-corrected chi connectivity index (χ1v) is 7.19. The summed E-state index contributed by atoms with van der Waals surface area (Å²) in [6.07, 6.45) is -4.13. The third kappa shape index (κ3) is 3.86. The Hall–Kier alpha value is -0.790. The Bertz CT molecular complexity index is 473. The largest absolute Gasteiger partial charge is 0.507 e. The van der Waals surface area contributed by atoms with Gasteiger partial charge in [0.05, 0.1) is 10.0 Å². The van der Waals surface area contributed by atoms with Crippen molar-refractivity contribution in [3.05, 3.63) is 27.7 Å². The monoisotopic (exact) mass is 352 g/mol. The van der Waals surface area contributed by atoms with E-state index < -0.39 is 11.7 Å². The molecule has 1 aromatic rings. The molecular formula is C13H16BrF3N2O. The summed E-state index contributed by atoms with van der Waals surface area (Å²) in [5.74, 6) is -0.386. The Morgan fingerprint density at radius 1 is 1.25 bits per heavy atom. The van der Waals surface area contributed by atoms with Crippen molar-refractivity contribution < 1.29 is 18.3 Å². The number of aromatic hydroxyl groups is 1. The zero-order chi connectivity index (χ0) is 14.8. The molecule has 0 bridgehead atoms. The van der Waals surface area contributed by atoms with E-state index in [2.05, 4.69) is 26.1 Å². The van der Waals surface area contributed by atoms with E-state index >= 15 is 0 Å². The highest BCUT2D eigenvalue weighted by Crippen LogP contribution is 2.37. The van der Waals surface area contributed by atoms with Gasteiger partial charge >= 0.3 is 6.18 Å². The molecule has 1 fully saturated rings. The van der Waals surface area contributed by atoms with Crippen molar-refractivity contribution in [2.24, 2.45) is 0 Å². The van der Waals surface area contributed by atoms with Crippen LogP contribution >= 0.6 is 15.9 Å². The third-order valence-corrected chi connectivity index (χ3v) is 4.02. The maximum atomic E-state index is 13.0. The number of hydrogen-bond donors (Lipinski definition) is 2. The van der Waals surface area contributed by atoms with Crippen molar-refractivity contribution in [3.8, 4) is 5.75 Å². The van der Waals surface area contributed by atoms with Crippen LogP contribution in [0.3, 0.4) is 0 Å². The first-order valence-electron chi connectivity index (χ1n) is 6.39. The molecule has 0 amide bonds. The average molecular weight is 353 g/mol. The molecule has 1 aliphatic rings. The fourth-order valence-corrected chi connectivity index (χ4v) is 2.68. The van der Waals surface area contributed by atoms with Crippen LogP contribution in [-0.2, 0) is 12.6 Å². The standard InChI is InChI=1S/C13H16BrF3N2O/c14-11-7-9(1-4-19-5-2-18-3-6-19)10(8-12(11)20)13(15,16)17/h7-8,18,20H,1-6H2. The SMILES string of the molecule is Oc1cc(C(F)(F)F)c(CCN2CCNCC2)cc1Br. The molecule has 0 saturated carbocycles. The van der Waals surface area contributed by atoms with Crippen LogP contribution in [-0.4, -0.2) is 42.7 Å². The molecule has 0 atom stereocenters. The first kappa shape index (κ1) is 15.6. The summed E-state index contributed by atoms with van der Waals surface area (Å²) >= 11 is 3.07. The molecule has 112 valence electrons. The summed E-state index contributed by atoms with van der Waals surface area (Å²) in [5, 5.41) is 12.6. The molecule has 20 heavy (non-hydrogen) atoms. The lowest BCUT2D eigenvalue weighted by Gasteiger charge is -2.27. The molecular weight excluding hydrogens is 337 g/mol. The minimum atomic E-state index is -4.45. The zero-order valence-corrected chi connectivity index (χ0v) is 12.4. The minimum Gasteiger partial charge on any atom is -0.507 e. The van der Waals surface area contributed by atoms with Crippen LogP contribution in [0.2, 0.25) is 0 Å². The summed E-state index contributed by atoms with van der Waals surface area (Å²) in [4.78, 5) is 2.14. The van der Waals surface area contributed by atoms with Gasteiger partial charge in [0, 0.05) is 32.7 Å². The summed E-state index contributed by atoms with van der Waals surface area (Å²) in [5.41, 5.74) is -0.547. The number of benzene rings is 1. The number of piperazine rings is 1. The molecule has 2 N–H and O–H groups in total. The normalized spacial score (nSPS) is 17.4. The Labute approximate surface area is 123 Å². The van der Waals surface area contributed by atoms with Crippen molar-refractivity contribution in [2.45, 2.75) is 12.6 Å². The van der Waals surface area contributed by atoms with E-state index in [4.69, 9.17) is 0 Å². The number of alkyl halides is 3. The van der Waals surface area contributed by atoms with Gasteiger partial charge in [0.2, 0.25) is 0 Å². The van der Waals surface area contributed by atoms with Gasteiger partial charge in [-0.15, -0.1) is 0 Å². The average Bonchev–Trinajstić information content (AvgIpc) is 2.39. The molecule has 1 saturated heterocycles. The number of nitrogens with zero attached hydrogens (tertiary/aromatic N) is 1. The van der Waals surface area contributed by atoms with Crippen LogP contribution < -0.4 is 5.32 Å². The van der Waals surface area contributed by atoms with Gasteiger partial charge in [-0.3, -0.25) is 0 Å².